The van der Waals surface area contributed by atoms with Crippen molar-refractivity contribution in [3.63, 3.8) is 0 Å². The van der Waals surface area contributed by atoms with Crippen LogP contribution in [0.2, 0.25) is 0 Å². The van der Waals surface area contributed by atoms with Gasteiger partial charge in [-0.1, -0.05) is 18.2 Å². The SMILES string of the molecule is COCCN(CCOC)CNc1ccccc1. The average molecular weight is 238 g/mol. The number of benzene rings is 1. The van der Waals surface area contributed by atoms with Gasteiger partial charge in [-0.05, 0) is 12.1 Å². The van der Waals surface area contributed by atoms with Crippen LogP contribution in [0.3, 0.4) is 0 Å². The molecule has 0 saturated carbocycles. The molecule has 4 heteroatoms. The Kier molecular flexibility index (Phi) is 7.38. The van der Waals surface area contributed by atoms with Gasteiger partial charge < -0.3 is 14.8 Å². The van der Waals surface area contributed by atoms with E-state index in [9.17, 15) is 0 Å². The van der Waals surface area contributed by atoms with Crippen molar-refractivity contribution in [1.82, 2.24) is 4.90 Å². The van der Waals surface area contributed by atoms with Crippen LogP contribution < -0.4 is 5.32 Å². The van der Waals surface area contributed by atoms with Crippen LogP contribution in [0, 0.1) is 0 Å². The second kappa shape index (κ2) is 8.98. The lowest BCUT2D eigenvalue weighted by Crippen LogP contribution is -2.35. The summed E-state index contributed by atoms with van der Waals surface area (Å²) in [6, 6.07) is 10.2. The van der Waals surface area contributed by atoms with Crippen molar-refractivity contribution < 1.29 is 9.47 Å². The summed E-state index contributed by atoms with van der Waals surface area (Å²) in [5, 5.41) is 3.38. The molecule has 0 atom stereocenters. The van der Waals surface area contributed by atoms with Crippen LogP contribution in [-0.2, 0) is 9.47 Å². The normalized spacial score (nSPS) is 10.8. The van der Waals surface area contributed by atoms with Gasteiger partial charge in [0, 0.05) is 33.0 Å². The Hall–Kier alpha value is -1.10. The van der Waals surface area contributed by atoms with E-state index in [4.69, 9.17) is 9.47 Å². The fourth-order valence-corrected chi connectivity index (χ4v) is 1.47. The third-order valence-electron chi connectivity index (χ3n) is 2.50. The predicted molar refractivity (Wildman–Crippen MR) is 70.3 cm³/mol. The van der Waals surface area contributed by atoms with E-state index in [1.54, 1.807) is 14.2 Å². The summed E-state index contributed by atoms with van der Waals surface area (Å²) < 4.78 is 10.2. The Morgan fingerprint density at radius 3 is 2.12 bits per heavy atom. The van der Waals surface area contributed by atoms with Crippen LogP contribution in [0.1, 0.15) is 0 Å². The molecular formula is C13H22N2O2. The number of para-hydroxylation sites is 1. The van der Waals surface area contributed by atoms with Gasteiger partial charge in [0.1, 0.15) is 0 Å². The molecule has 0 aliphatic heterocycles. The van der Waals surface area contributed by atoms with Gasteiger partial charge in [-0.25, -0.2) is 0 Å². The van der Waals surface area contributed by atoms with Crippen molar-refractivity contribution in [3.05, 3.63) is 30.3 Å². The summed E-state index contributed by atoms with van der Waals surface area (Å²) in [6.07, 6.45) is 0. The molecular weight excluding hydrogens is 216 g/mol. The third-order valence-corrected chi connectivity index (χ3v) is 2.50. The number of nitrogens with one attached hydrogen (secondary N) is 1. The monoisotopic (exact) mass is 238 g/mol. The van der Waals surface area contributed by atoms with E-state index in [1.165, 1.54) is 0 Å². The van der Waals surface area contributed by atoms with Crippen molar-refractivity contribution >= 4 is 5.69 Å². The molecule has 0 aliphatic rings. The Morgan fingerprint density at radius 1 is 1.00 bits per heavy atom. The highest BCUT2D eigenvalue weighted by Crippen LogP contribution is 2.04. The molecule has 4 nitrogen and oxygen atoms in total. The molecule has 0 amide bonds. The van der Waals surface area contributed by atoms with Gasteiger partial charge in [-0.3, -0.25) is 4.90 Å². The standard InChI is InChI=1S/C13H22N2O2/c1-16-10-8-15(9-11-17-2)12-14-13-6-4-3-5-7-13/h3-7,14H,8-12H2,1-2H3. The van der Waals surface area contributed by atoms with Gasteiger partial charge >= 0.3 is 0 Å². The molecule has 1 aromatic rings. The summed E-state index contributed by atoms with van der Waals surface area (Å²) >= 11 is 0. The molecule has 0 unspecified atom stereocenters. The lowest BCUT2D eigenvalue weighted by molar-refractivity contribution is 0.118. The minimum atomic E-state index is 0.736. The number of hydrogen-bond donors (Lipinski definition) is 1. The van der Waals surface area contributed by atoms with Crippen molar-refractivity contribution in [2.45, 2.75) is 0 Å². The van der Waals surface area contributed by atoms with Crippen LogP contribution in [0.4, 0.5) is 5.69 Å². The molecule has 0 saturated heterocycles. The van der Waals surface area contributed by atoms with Crippen molar-refractivity contribution in [2.24, 2.45) is 0 Å². The zero-order valence-electron chi connectivity index (χ0n) is 10.7. The number of rotatable bonds is 9. The van der Waals surface area contributed by atoms with E-state index in [2.05, 4.69) is 22.3 Å². The first-order chi connectivity index (χ1) is 8.36. The van der Waals surface area contributed by atoms with E-state index in [0.29, 0.717) is 0 Å². The lowest BCUT2D eigenvalue weighted by atomic mass is 10.3. The summed E-state index contributed by atoms with van der Waals surface area (Å²) in [5.74, 6) is 0. The molecule has 0 fully saturated rings. The van der Waals surface area contributed by atoms with Crippen molar-refractivity contribution in [2.75, 3.05) is 52.5 Å². The van der Waals surface area contributed by atoms with E-state index >= 15 is 0 Å². The van der Waals surface area contributed by atoms with Crippen LogP contribution in [0.15, 0.2) is 30.3 Å². The first-order valence-corrected chi connectivity index (χ1v) is 5.86. The Labute approximate surface area is 104 Å². The van der Waals surface area contributed by atoms with Gasteiger partial charge in [0.15, 0.2) is 0 Å². The molecule has 96 valence electrons. The largest absolute Gasteiger partial charge is 0.383 e. The van der Waals surface area contributed by atoms with Crippen LogP contribution >= 0.6 is 0 Å². The number of methoxy groups -OCH3 is 2. The highest BCUT2D eigenvalue weighted by molar-refractivity contribution is 5.42. The van der Waals surface area contributed by atoms with Gasteiger partial charge in [-0.15, -0.1) is 0 Å². The molecule has 1 N–H and O–H groups in total. The maximum absolute atomic E-state index is 5.09. The van der Waals surface area contributed by atoms with E-state index in [-0.39, 0.29) is 0 Å². The molecule has 1 aromatic carbocycles. The second-order valence-corrected chi connectivity index (χ2v) is 3.80. The van der Waals surface area contributed by atoms with Crippen molar-refractivity contribution in [3.8, 4) is 0 Å². The molecule has 1 rings (SSSR count). The predicted octanol–water partition coefficient (Wildman–Crippen LogP) is 1.65. The summed E-state index contributed by atoms with van der Waals surface area (Å²) in [7, 11) is 3.44. The van der Waals surface area contributed by atoms with Gasteiger partial charge in [0.05, 0.1) is 19.9 Å². The highest BCUT2D eigenvalue weighted by Gasteiger charge is 2.03. The minimum absolute atomic E-state index is 0.736. The fraction of sp³-hybridized carbons (Fsp3) is 0.538. The Morgan fingerprint density at radius 2 is 1.59 bits per heavy atom. The molecule has 0 spiro atoms. The van der Waals surface area contributed by atoms with Crippen molar-refractivity contribution in [1.29, 1.82) is 0 Å². The Bertz CT molecular complexity index is 272. The maximum Gasteiger partial charge on any atom is 0.0679 e. The second-order valence-electron chi connectivity index (χ2n) is 3.80. The number of anilines is 1. The lowest BCUT2D eigenvalue weighted by Gasteiger charge is -2.22. The van der Waals surface area contributed by atoms with E-state index in [0.717, 1.165) is 38.7 Å². The van der Waals surface area contributed by atoms with Crippen LogP contribution in [0.25, 0.3) is 0 Å². The number of hydrogen-bond acceptors (Lipinski definition) is 4. The molecule has 0 bridgehead atoms. The maximum atomic E-state index is 5.09. The minimum Gasteiger partial charge on any atom is -0.383 e. The smallest absolute Gasteiger partial charge is 0.0679 e. The summed E-state index contributed by atoms with van der Waals surface area (Å²) in [4.78, 5) is 2.26. The zero-order valence-corrected chi connectivity index (χ0v) is 10.7. The molecule has 17 heavy (non-hydrogen) atoms. The number of nitrogens with zero attached hydrogens (tertiary/aromatic N) is 1. The van der Waals surface area contributed by atoms with Gasteiger partial charge in [0.2, 0.25) is 0 Å². The topological polar surface area (TPSA) is 33.7 Å². The molecule has 0 radical (unpaired) electrons. The quantitative estimate of drug-likeness (QED) is 0.663. The average Bonchev–Trinajstić information content (AvgIpc) is 2.39. The molecule has 0 aromatic heterocycles. The van der Waals surface area contributed by atoms with E-state index in [1.807, 2.05) is 18.2 Å². The third kappa shape index (κ3) is 6.26. The van der Waals surface area contributed by atoms with Crippen LogP contribution in [0.5, 0.6) is 0 Å². The fourth-order valence-electron chi connectivity index (χ4n) is 1.47. The highest BCUT2D eigenvalue weighted by atomic mass is 16.5. The first-order valence-electron chi connectivity index (χ1n) is 5.86. The van der Waals surface area contributed by atoms with E-state index < -0.39 is 0 Å². The van der Waals surface area contributed by atoms with Gasteiger partial charge in [0.25, 0.3) is 0 Å². The van der Waals surface area contributed by atoms with Crippen LogP contribution in [-0.4, -0.2) is 52.1 Å². The Balaban J connectivity index is 2.31. The molecule has 0 heterocycles. The van der Waals surface area contributed by atoms with Gasteiger partial charge in [-0.2, -0.15) is 0 Å². The first kappa shape index (κ1) is 14.0. The zero-order chi connectivity index (χ0) is 12.3. The number of ether oxygens (including phenoxy) is 2. The summed E-state index contributed by atoms with van der Waals surface area (Å²) in [6.45, 7) is 4.08. The summed E-state index contributed by atoms with van der Waals surface area (Å²) in [5.41, 5.74) is 1.13. The molecule has 0 aliphatic carbocycles.